The number of anilines is 10. The number of hydrogen-bond donors (Lipinski definition) is 0. The number of fused-ring (bicyclic) bond motifs is 8. The first-order chi connectivity index (χ1) is 39.0. The van der Waals surface area contributed by atoms with Gasteiger partial charge >= 0.3 is 0 Å². The van der Waals surface area contributed by atoms with Crippen LogP contribution in [0.3, 0.4) is 0 Å². The van der Waals surface area contributed by atoms with Crippen molar-refractivity contribution in [3.63, 3.8) is 0 Å². The van der Waals surface area contributed by atoms with Gasteiger partial charge in [-0.2, -0.15) is 12.1 Å². The van der Waals surface area contributed by atoms with Gasteiger partial charge in [0.25, 0.3) is 0 Å². The summed E-state index contributed by atoms with van der Waals surface area (Å²) in [4.78, 5) is 19.3. The molecular formula is C73H64N7OPt-3. The molecule has 0 bridgehead atoms. The normalized spacial score (nSPS) is 14.9. The van der Waals surface area contributed by atoms with Crippen molar-refractivity contribution in [3.05, 3.63) is 253 Å². The van der Waals surface area contributed by atoms with Gasteiger partial charge in [-0.1, -0.05) is 166 Å². The third-order valence-electron chi connectivity index (χ3n) is 17.1. The van der Waals surface area contributed by atoms with E-state index in [-0.39, 0.29) is 42.7 Å². The van der Waals surface area contributed by atoms with Gasteiger partial charge in [-0.3, -0.25) is 4.98 Å². The van der Waals surface area contributed by atoms with Gasteiger partial charge in [0.2, 0.25) is 0 Å². The molecule has 0 saturated carbocycles. The van der Waals surface area contributed by atoms with Crippen LogP contribution < -0.4 is 24.3 Å². The first kappa shape index (κ1) is 52.9. The minimum atomic E-state index is -0.264. The van der Waals surface area contributed by atoms with E-state index in [9.17, 15) is 0 Å². The van der Waals surface area contributed by atoms with Crippen LogP contribution in [0.25, 0.3) is 27.6 Å². The molecule has 0 saturated heterocycles. The van der Waals surface area contributed by atoms with E-state index in [2.05, 4.69) is 276 Å². The Morgan fingerprint density at radius 3 is 1.57 bits per heavy atom. The summed E-state index contributed by atoms with van der Waals surface area (Å²) < 4.78 is 9.03. The summed E-state index contributed by atoms with van der Waals surface area (Å²) in [5.74, 6) is 1.97. The van der Waals surface area contributed by atoms with Crippen LogP contribution in [0.5, 0.6) is 11.5 Å². The molecule has 0 spiro atoms. The zero-order valence-corrected chi connectivity index (χ0v) is 50.3. The van der Waals surface area contributed by atoms with Gasteiger partial charge in [0.15, 0.2) is 0 Å². The zero-order valence-electron chi connectivity index (χ0n) is 48.0. The Kier molecular flexibility index (Phi) is 12.5. The Morgan fingerprint density at radius 1 is 0.463 bits per heavy atom. The molecule has 8 nitrogen and oxygen atoms in total. The summed E-state index contributed by atoms with van der Waals surface area (Å²) in [6.07, 6.45) is 5.77. The molecule has 0 unspecified atom stereocenters. The molecule has 11 aromatic rings. The van der Waals surface area contributed by atoms with Gasteiger partial charge in [-0.15, -0.1) is 48.1 Å². The third kappa shape index (κ3) is 8.35. The van der Waals surface area contributed by atoms with Gasteiger partial charge in [0.1, 0.15) is 5.82 Å². The van der Waals surface area contributed by atoms with E-state index in [4.69, 9.17) is 14.7 Å². The molecule has 0 atom stereocenters. The molecule has 0 amide bonds. The van der Waals surface area contributed by atoms with Crippen molar-refractivity contribution in [2.45, 2.75) is 90.9 Å². The number of benzene rings is 8. The molecule has 3 aliphatic rings. The van der Waals surface area contributed by atoms with E-state index < -0.39 is 0 Å². The van der Waals surface area contributed by atoms with E-state index in [0.717, 1.165) is 84.5 Å². The Hall–Kier alpha value is -8.45. The summed E-state index contributed by atoms with van der Waals surface area (Å²) in [5.41, 5.74) is 19.0. The second-order valence-electron chi connectivity index (χ2n) is 24.9. The molecule has 0 aliphatic carbocycles. The average molecular weight is 1250 g/mol. The van der Waals surface area contributed by atoms with Crippen LogP contribution in [-0.4, -0.2) is 14.5 Å². The van der Waals surface area contributed by atoms with Gasteiger partial charge in [-0.05, 0) is 110 Å². The maximum atomic E-state index is 6.83. The molecule has 410 valence electrons. The summed E-state index contributed by atoms with van der Waals surface area (Å²) >= 11 is 0. The van der Waals surface area contributed by atoms with Crippen LogP contribution in [0.1, 0.15) is 103 Å². The predicted molar refractivity (Wildman–Crippen MR) is 333 cm³/mol. The number of para-hydroxylation sites is 5. The molecule has 6 heterocycles. The molecule has 3 aromatic heterocycles. The maximum Gasteiger partial charge on any atom is 0.135 e. The molecule has 0 N–H and O–H groups in total. The Labute approximate surface area is 496 Å². The fourth-order valence-corrected chi connectivity index (χ4v) is 12.8. The summed E-state index contributed by atoms with van der Waals surface area (Å²) in [6.45, 7) is 25.3. The topological polar surface area (TPSA) is 52.9 Å². The number of nitrogens with zero attached hydrogens (tertiary/aromatic N) is 7. The monoisotopic (exact) mass is 1250 g/mol. The average Bonchev–Trinajstić information content (AvgIpc) is 1.61. The van der Waals surface area contributed by atoms with E-state index in [1.165, 1.54) is 33.4 Å². The van der Waals surface area contributed by atoms with E-state index in [1.807, 2.05) is 36.8 Å². The number of aromatic nitrogens is 3. The fourth-order valence-electron chi connectivity index (χ4n) is 12.8. The number of rotatable bonds is 7. The summed E-state index contributed by atoms with van der Waals surface area (Å²) in [5, 5.41) is 2.20. The van der Waals surface area contributed by atoms with Crippen LogP contribution in [0.2, 0.25) is 0 Å². The zero-order chi connectivity index (χ0) is 55.7. The molecule has 9 heteroatoms. The van der Waals surface area contributed by atoms with Crippen molar-refractivity contribution in [1.82, 2.24) is 14.5 Å². The van der Waals surface area contributed by atoms with Gasteiger partial charge in [0, 0.05) is 73.2 Å². The number of ether oxygens (including phenoxy) is 1. The second-order valence-corrected chi connectivity index (χ2v) is 24.9. The number of pyridine rings is 2. The van der Waals surface area contributed by atoms with E-state index in [0.29, 0.717) is 11.5 Å². The SMILES string of the molecule is CC(C)(C)c1ccnc(-n2c3[c-]c(Oc4[c-]c(N5[CH-]N(c6c(N7c8ccccc8C(C)(C)c8ccccc87)cc(C(C)(C)C)cc6N6c7ccccc7C(C)(C)c7ccccc76)c6ccncc65)ccc4)ccc3c3ccccc32)c1.[Pt]. The van der Waals surface area contributed by atoms with Gasteiger partial charge in [0.05, 0.1) is 45.5 Å². The van der Waals surface area contributed by atoms with Crippen molar-refractivity contribution in [1.29, 1.82) is 0 Å². The van der Waals surface area contributed by atoms with Crippen LogP contribution >= 0.6 is 0 Å². The first-order valence-electron chi connectivity index (χ1n) is 28.1. The minimum Gasteiger partial charge on any atom is -0.509 e. The minimum absolute atomic E-state index is 0. The van der Waals surface area contributed by atoms with Gasteiger partial charge < -0.3 is 28.9 Å². The van der Waals surface area contributed by atoms with E-state index >= 15 is 0 Å². The Morgan fingerprint density at radius 2 is 1.00 bits per heavy atom. The summed E-state index contributed by atoms with van der Waals surface area (Å²) in [7, 11) is 0. The van der Waals surface area contributed by atoms with Crippen molar-refractivity contribution < 1.29 is 25.8 Å². The second kappa shape index (κ2) is 19.3. The molecule has 0 radical (unpaired) electrons. The quantitative estimate of drug-likeness (QED) is 0.147. The van der Waals surface area contributed by atoms with Crippen LogP contribution in [0.4, 0.5) is 56.9 Å². The molecule has 3 aliphatic heterocycles. The largest absolute Gasteiger partial charge is 0.509 e. The number of hydrogen-bond acceptors (Lipinski definition) is 7. The maximum absolute atomic E-state index is 6.83. The fraction of sp³-hybridized carbons (Fsp3) is 0.192. The van der Waals surface area contributed by atoms with Crippen molar-refractivity contribution >= 4 is 78.7 Å². The van der Waals surface area contributed by atoms with E-state index in [1.54, 1.807) is 0 Å². The molecule has 14 rings (SSSR count). The summed E-state index contributed by atoms with van der Waals surface area (Å²) in [6, 6.07) is 73.2. The first-order valence-corrected chi connectivity index (χ1v) is 28.1. The van der Waals surface area contributed by atoms with Gasteiger partial charge in [-0.25, -0.2) is 4.98 Å². The molecule has 82 heavy (non-hydrogen) atoms. The Bertz CT molecular complexity index is 4100. The van der Waals surface area contributed by atoms with Crippen molar-refractivity contribution in [2.24, 2.45) is 0 Å². The van der Waals surface area contributed by atoms with Crippen LogP contribution in [0.15, 0.2) is 201 Å². The van der Waals surface area contributed by atoms with Crippen molar-refractivity contribution in [2.75, 3.05) is 19.6 Å². The molecule has 0 fully saturated rings. The van der Waals surface area contributed by atoms with Crippen LogP contribution in [-0.2, 0) is 42.7 Å². The Balaban J connectivity index is 0.00000631. The predicted octanol–water partition coefficient (Wildman–Crippen LogP) is 19.2. The standard InChI is InChI=1S/C73H64N7O.Pt/c1-70(2,3)47-36-39-75-68(42-47)80-58-29-16-11-24-52(58)53-35-34-51(44-64(53)80)81-50-23-21-22-49(43-50)76-46-77(63-37-38-74-45-67(63)76)69-65(78-59-30-17-12-25-54(59)72(7,8)55-26-13-18-31-60(55)78)40-48(71(4,5)6)41-66(69)79-61-32-19-14-27-56(61)73(9,10)57-28-15-20-33-62(57)79;/h11-42,45-46H,1-10H3;/q-3;. The van der Waals surface area contributed by atoms with Crippen LogP contribution in [0, 0.1) is 18.8 Å². The molecule has 8 aromatic carbocycles. The third-order valence-corrected chi connectivity index (χ3v) is 17.1. The smallest absolute Gasteiger partial charge is 0.135 e. The molecular weight excluding hydrogens is 1190 g/mol. The van der Waals surface area contributed by atoms with Crippen molar-refractivity contribution in [3.8, 4) is 17.3 Å².